The van der Waals surface area contributed by atoms with Gasteiger partial charge in [0.15, 0.2) is 0 Å². The molecule has 76 valence electrons. The molecular weight excluding hydrogens is 180 g/mol. The number of hydrogen-bond acceptors (Lipinski definition) is 3. The number of nitriles is 1. The number of thioether (sulfide) groups is 1. The molecule has 0 aromatic heterocycles. The van der Waals surface area contributed by atoms with Crippen LogP contribution in [0.1, 0.15) is 33.6 Å². The molecule has 0 bridgehead atoms. The molecule has 1 N–H and O–H groups in total. The largest absolute Gasteiger partial charge is 0.300 e. The van der Waals surface area contributed by atoms with Gasteiger partial charge in [-0.15, -0.1) is 0 Å². The van der Waals surface area contributed by atoms with E-state index >= 15 is 0 Å². The van der Waals surface area contributed by atoms with Gasteiger partial charge in [0.05, 0.1) is 6.07 Å². The minimum absolute atomic E-state index is 0.316. The average molecular weight is 200 g/mol. The fraction of sp³-hybridized carbons (Fsp3) is 0.900. The van der Waals surface area contributed by atoms with Crippen molar-refractivity contribution >= 4 is 11.8 Å². The van der Waals surface area contributed by atoms with Crippen LogP contribution in [0.5, 0.6) is 0 Å². The van der Waals surface area contributed by atoms with Gasteiger partial charge in [-0.1, -0.05) is 13.8 Å². The summed E-state index contributed by atoms with van der Waals surface area (Å²) in [6.45, 7) is 7.05. The molecule has 0 aliphatic heterocycles. The molecule has 0 saturated heterocycles. The van der Waals surface area contributed by atoms with Crippen LogP contribution in [0.15, 0.2) is 0 Å². The maximum atomic E-state index is 8.95. The van der Waals surface area contributed by atoms with E-state index in [4.69, 9.17) is 5.26 Å². The molecule has 0 heterocycles. The lowest BCUT2D eigenvalue weighted by atomic mass is 9.98. The number of nitrogens with zero attached hydrogens (tertiary/aromatic N) is 1. The minimum atomic E-state index is -0.316. The summed E-state index contributed by atoms with van der Waals surface area (Å²) < 4.78 is 0. The van der Waals surface area contributed by atoms with Crippen molar-refractivity contribution in [2.24, 2.45) is 0 Å². The molecule has 0 saturated carbocycles. The monoisotopic (exact) mass is 200 g/mol. The fourth-order valence-corrected chi connectivity index (χ4v) is 1.88. The minimum Gasteiger partial charge on any atom is -0.300 e. The van der Waals surface area contributed by atoms with Crippen molar-refractivity contribution in [1.82, 2.24) is 5.32 Å². The van der Waals surface area contributed by atoms with E-state index < -0.39 is 0 Å². The first-order valence-corrected chi connectivity index (χ1v) is 6.08. The zero-order valence-electron chi connectivity index (χ0n) is 8.89. The Kier molecular flexibility index (Phi) is 7.12. The number of hydrogen-bond donors (Lipinski definition) is 1. The van der Waals surface area contributed by atoms with E-state index in [1.165, 1.54) is 11.5 Å². The normalized spacial score (nSPS) is 14.9. The van der Waals surface area contributed by atoms with Crippen molar-refractivity contribution in [3.63, 3.8) is 0 Å². The lowest BCUT2D eigenvalue weighted by molar-refractivity contribution is 0.426. The van der Waals surface area contributed by atoms with E-state index in [1.54, 1.807) is 0 Å². The van der Waals surface area contributed by atoms with Gasteiger partial charge in [0.25, 0.3) is 0 Å². The van der Waals surface area contributed by atoms with Gasteiger partial charge in [0, 0.05) is 0 Å². The second-order valence-corrected chi connectivity index (χ2v) is 4.67. The van der Waals surface area contributed by atoms with Crippen LogP contribution in [0.3, 0.4) is 0 Å². The Morgan fingerprint density at radius 3 is 2.62 bits per heavy atom. The third kappa shape index (κ3) is 5.95. The summed E-state index contributed by atoms with van der Waals surface area (Å²) in [7, 11) is 0. The molecule has 0 aliphatic carbocycles. The highest BCUT2D eigenvalue weighted by atomic mass is 32.2. The molecule has 0 aromatic rings. The molecule has 3 heteroatoms. The standard InChI is InChI=1S/C10H20N2S/c1-4-12-10(3,9-11)7-6-8-13-5-2/h12H,4-8H2,1-3H3. The summed E-state index contributed by atoms with van der Waals surface area (Å²) in [5.74, 6) is 2.34. The second kappa shape index (κ2) is 7.23. The molecular formula is C10H20N2S. The Morgan fingerprint density at radius 1 is 1.46 bits per heavy atom. The SMILES string of the molecule is CCNC(C)(C#N)CCCSCC. The van der Waals surface area contributed by atoms with Crippen molar-refractivity contribution < 1.29 is 0 Å². The van der Waals surface area contributed by atoms with Crippen molar-refractivity contribution in [3.05, 3.63) is 0 Å². The number of nitrogens with one attached hydrogen (secondary N) is 1. The summed E-state index contributed by atoms with van der Waals surface area (Å²) >= 11 is 1.94. The summed E-state index contributed by atoms with van der Waals surface area (Å²) in [6, 6.07) is 2.34. The van der Waals surface area contributed by atoms with Gasteiger partial charge >= 0.3 is 0 Å². The Bertz CT molecular complexity index is 165. The van der Waals surface area contributed by atoms with Crippen LogP contribution in [0, 0.1) is 11.3 Å². The first kappa shape index (κ1) is 12.8. The fourth-order valence-electron chi connectivity index (χ4n) is 1.25. The number of rotatable bonds is 7. The van der Waals surface area contributed by atoms with Crippen molar-refractivity contribution in [2.75, 3.05) is 18.1 Å². The van der Waals surface area contributed by atoms with Crippen LogP contribution < -0.4 is 5.32 Å². The van der Waals surface area contributed by atoms with Gasteiger partial charge in [-0.3, -0.25) is 5.32 Å². The first-order valence-electron chi connectivity index (χ1n) is 4.92. The maximum Gasteiger partial charge on any atom is 0.103 e. The lowest BCUT2D eigenvalue weighted by Gasteiger charge is -2.22. The molecule has 0 rings (SSSR count). The van der Waals surface area contributed by atoms with Crippen LogP contribution in [0.4, 0.5) is 0 Å². The lowest BCUT2D eigenvalue weighted by Crippen LogP contribution is -2.40. The van der Waals surface area contributed by atoms with Gasteiger partial charge in [-0.05, 0) is 37.8 Å². The zero-order valence-corrected chi connectivity index (χ0v) is 9.71. The van der Waals surface area contributed by atoms with Crippen LogP contribution in [-0.2, 0) is 0 Å². The molecule has 0 aliphatic rings. The highest BCUT2D eigenvalue weighted by Crippen LogP contribution is 2.13. The summed E-state index contributed by atoms with van der Waals surface area (Å²) in [5.41, 5.74) is -0.316. The van der Waals surface area contributed by atoms with Gasteiger partial charge in [0.1, 0.15) is 5.54 Å². The average Bonchev–Trinajstić information content (AvgIpc) is 2.13. The van der Waals surface area contributed by atoms with Crippen LogP contribution in [-0.4, -0.2) is 23.6 Å². The molecule has 0 fully saturated rings. The molecule has 0 amide bonds. The predicted octanol–water partition coefficient (Wildman–Crippen LogP) is 2.41. The first-order chi connectivity index (χ1) is 6.18. The molecule has 0 spiro atoms. The zero-order chi connectivity index (χ0) is 10.2. The summed E-state index contributed by atoms with van der Waals surface area (Å²) in [6.07, 6.45) is 2.07. The molecule has 0 radical (unpaired) electrons. The van der Waals surface area contributed by atoms with E-state index in [-0.39, 0.29) is 5.54 Å². The van der Waals surface area contributed by atoms with Crippen LogP contribution >= 0.6 is 11.8 Å². The highest BCUT2D eigenvalue weighted by Gasteiger charge is 2.20. The molecule has 1 atom stereocenters. The van der Waals surface area contributed by atoms with E-state index in [0.29, 0.717) is 0 Å². The van der Waals surface area contributed by atoms with Crippen LogP contribution in [0.25, 0.3) is 0 Å². The van der Waals surface area contributed by atoms with Gasteiger partial charge < -0.3 is 0 Å². The molecule has 2 nitrogen and oxygen atoms in total. The Labute approximate surface area is 86.1 Å². The topological polar surface area (TPSA) is 35.8 Å². The van der Waals surface area contributed by atoms with Crippen molar-refractivity contribution in [3.8, 4) is 6.07 Å². The third-order valence-corrected chi connectivity index (χ3v) is 2.97. The van der Waals surface area contributed by atoms with E-state index in [2.05, 4.69) is 18.3 Å². The van der Waals surface area contributed by atoms with E-state index in [1.807, 2.05) is 25.6 Å². The Morgan fingerprint density at radius 2 is 2.15 bits per heavy atom. The van der Waals surface area contributed by atoms with Gasteiger partial charge in [-0.2, -0.15) is 17.0 Å². The molecule has 1 unspecified atom stereocenters. The predicted molar refractivity (Wildman–Crippen MR) is 59.9 cm³/mol. The molecule has 13 heavy (non-hydrogen) atoms. The van der Waals surface area contributed by atoms with Crippen molar-refractivity contribution in [1.29, 1.82) is 5.26 Å². The Balaban J connectivity index is 3.65. The third-order valence-electron chi connectivity index (χ3n) is 1.98. The highest BCUT2D eigenvalue weighted by molar-refractivity contribution is 7.99. The summed E-state index contributed by atoms with van der Waals surface area (Å²) in [5, 5.41) is 12.2. The smallest absolute Gasteiger partial charge is 0.103 e. The molecule has 0 aromatic carbocycles. The van der Waals surface area contributed by atoms with E-state index in [9.17, 15) is 0 Å². The van der Waals surface area contributed by atoms with Crippen molar-refractivity contribution in [2.45, 2.75) is 39.2 Å². The van der Waals surface area contributed by atoms with Crippen LogP contribution in [0.2, 0.25) is 0 Å². The van der Waals surface area contributed by atoms with Gasteiger partial charge in [-0.25, -0.2) is 0 Å². The second-order valence-electron chi connectivity index (χ2n) is 3.27. The summed E-state index contributed by atoms with van der Waals surface area (Å²) in [4.78, 5) is 0. The quantitative estimate of drug-likeness (QED) is 0.641. The Hall–Kier alpha value is -0.200. The van der Waals surface area contributed by atoms with E-state index in [0.717, 1.165) is 19.4 Å². The maximum absolute atomic E-state index is 8.95. The van der Waals surface area contributed by atoms with Gasteiger partial charge in [0.2, 0.25) is 0 Å².